The zero-order valence-electron chi connectivity index (χ0n) is 13.9. The van der Waals surface area contributed by atoms with E-state index in [-0.39, 0.29) is 17.4 Å². The lowest BCUT2D eigenvalue weighted by molar-refractivity contribution is -0.146. The molecule has 6 heteroatoms. The summed E-state index contributed by atoms with van der Waals surface area (Å²) in [5.74, 6) is -0.967. The monoisotopic (exact) mass is 339 g/mol. The second-order valence-electron chi connectivity index (χ2n) is 5.53. The van der Waals surface area contributed by atoms with E-state index in [4.69, 9.17) is 4.74 Å². The van der Waals surface area contributed by atoms with Crippen molar-refractivity contribution in [3.63, 3.8) is 0 Å². The SMILES string of the molecule is C=CC(C)C(NS(=O)(=O)c1ccc(C)cc1)C(=O)OCCCC. The number of rotatable bonds is 9. The molecule has 2 unspecified atom stereocenters. The predicted molar refractivity (Wildman–Crippen MR) is 90.5 cm³/mol. The molecule has 1 aromatic carbocycles. The number of carbonyl (C=O) groups excluding carboxylic acids is 1. The van der Waals surface area contributed by atoms with E-state index in [0.29, 0.717) is 0 Å². The van der Waals surface area contributed by atoms with Gasteiger partial charge in [0.1, 0.15) is 6.04 Å². The Labute approximate surface area is 138 Å². The summed E-state index contributed by atoms with van der Waals surface area (Å²) >= 11 is 0. The van der Waals surface area contributed by atoms with Gasteiger partial charge >= 0.3 is 5.97 Å². The summed E-state index contributed by atoms with van der Waals surface area (Å²) in [5, 5.41) is 0. The molecule has 1 aromatic rings. The molecule has 0 bridgehead atoms. The van der Waals surface area contributed by atoms with Crippen molar-refractivity contribution >= 4 is 16.0 Å². The number of carbonyl (C=O) groups is 1. The molecule has 1 rings (SSSR count). The Kier molecular flexibility index (Phi) is 7.45. The minimum Gasteiger partial charge on any atom is -0.464 e. The highest BCUT2D eigenvalue weighted by atomic mass is 32.2. The highest BCUT2D eigenvalue weighted by Gasteiger charge is 2.30. The summed E-state index contributed by atoms with van der Waals surface area (Å²) in [6.45, 7) is 9.49. The largest absolute Gasteiger partial charge is 0.464 e. The molecule has 0 fully saturated rings. The second-order valence-corrected chi connectivity index (χ2v) is 7.24. The fraction of sp³-hybridized carbons (Fsp3) is 0.471. The number of aryl methyl sites for hydroxylation is 1. The summed E-state index contributed by atoms with van der Waals surface area (Å²) in [6.07, 6.45) is 3.17. The van der Waals surface area contributed by atoms with E-state index in [1.807, 2.05) is 13.8 Å². The van der Waals surface area contributed by atoms with Crippen LogP contribution in [0.25, 0.3) is 0 Å². The van der Waals surface area contributed by atoms with Crippen LogP contribution in [0, 0.1) is 12.8 Å². The fourth-order valence-corrected chi connectivity index (χ4v) is 3.14. The number of hydrogen-bond acceptors (Lipinski definition) is 4. The first-order valence-electron chi connectivity index (χ1n) is 7.70. The summed E-state index contributed by atoms with van der Waals surface area (Å²) in [7, 11) is -3.81. The van der Waals surface area contributed by atoms with E-state index in [0.717, 1.165) is 18.4 Å². The molecule has 0 aliphatic rings. The van der Waals surface area contributed by atoms with Crippen LogP contribution in [-0.4, -0.2) is 27.0 Å². The van der Waals surface area contributed by atoms with Gasteiger partial charge in [0.15, 0.2) is 0 Å². The maximum absolute atomic E-state index is 12.5. The third-order valence-electron chi connectivity index (χ3n) is 3.51. The van der Waals surface area contributed by atoms with E-state index in [9.17, 15) is 13.2 Å². The highest BCUT2D eigenvalue weighted by molar-refractivity contribution is 7.89. The van der Waals surface area contributed by atoms with E-state index in [1.54, 1.807) is 19.1 Å². The van der Waals surface area contributed by atoms with Gasteiger partial charge in [0.25, 0.3) is 0 Å². The molecular formula is C17H25NO4S. The molecule has 2 atom stereocenters. The molecule has 0 spiro atoms. The summed E-state index contributed by atoms with van der Waals surface area (Å²) < 4.78 is 32.5. The third-order valence-corrected chi connectivity index (χ3v) is 4.96. The Bertz CT molecular complexity index is 622. The summed E-state index contributed by atoms with van der Waals surface area (Å²) in [5.41, 5.74) is 0.957. The van der Waals surface area contributed by atoms with Crippen LogP contribution in [0.2, 0.25) is 0 Å². The standard InChI is InChI=1S/C17H25NO4S/c1-5-7-12-22-17(19)16(14(4)6-2)18-23(20,21)15-10-8-13(3)9-11-15/h6,8-11,14,16,18H,2,5,7,12H2,1,3-4H3. The van der Waals surface area contributed by atoms with E-state index in [1.165, 1.54) is 18.2 Å². The van der Waals surface area contributed by atoms with Gasteiger partial charge < -0.3 is 4.74 Å². The van der Waals surface area contributed by atoms with Gasteiger partial charge in [-0.15, -0.1) is 6.58 Å². The number of sulfonamides is 1. The number of esters is 1. The Morgan fingerprint density at radius 3 is 2.48 bits per heavy atom. The van der Waals surface area contributed by atoms with Gasteiger partial charge in [0, 0.05) is 5.92 Å². The molecule has 0 saturated heterocycles. The summed E-state index contributed by atoms with van der Waals surface area (Å²) in [6, 6.07) is 5.45. The van der Waals surface area contributed by atoms with Crippen LogP contribution in [0.5, 0.6) is 0 Å². The van der Waals surface area contributed by atoms with E-state index in [2.05, 4.69) is 11.3 Å². The van der Waals surface area contributed by atoms with E-state index >= 15 is 0 Å². The Hall–Kier alpha value is -1.66. The molecule has 23 heavy (non-hydrogen) atoms. The van der Waals surface area contributed by atoms with Crippen molar-refractivity contribution in [3.8, 4) is 0 Å². The molecule has 128 valence electrons. The molecule has 5 nitrogen and oxygen atoms in total. The maximum Gasteiger partial charge on any atom is 0.324 e. The van der Waals surface area contributed by atoms with Crippen LogP contribution in [0.3, 0.4) is 0 Å². The third kappa shape index (κ3) is 5.80. The molecule has 0 aliphatic carbocycles. The Morgan fingerprint density at radius 1 is 1.35 bits per heavy atom. The number of nitrogens with one attached hydrogen (secondary N) is 1. The topological polar surface area (TPSA) is 72.5 Å². The number of ether oxygens (including phenoxy) is 1. The van der Waals surface area contributed by atoms with Gasteiger partial charge in [-0.05, 0) is 25.5 Å². The summed E-state index contributed by atoms with van der Waals surface area (Å²) in [4.78, 5) is 12.3. The van der Waals surface area contributed by atoms with Gasteiger partial charge in [0.05, 0.1) is 11.5 Å². The van der Waals surface area contributed by atoms with Gasteiger partial charge in [-0.2, -0.15) is 4.72 Å². The smallest absolute Gasteiger partial charge is 0.324 e. The van der Waals surface area contributed by atoms with Crippen molar-refractivity contribution < 1.29 is 17.9 Å². The average Bonchev–Trinajstić information content (AvgIpc) is 2.52. The van der Waals surface area contributed by atoms with Gasteiger partial charge in [-0.25, -0.2) is 8.42 Å². The van der Waals surface area contributed by atoms with Gasteiger partial charge in [-0.3, -0.25) is 4.79 Å². The Morgan fingerprint density at radius 2 is 1.96 bits per heavy atom. The van der Waals surface area contributed by atoms with Crippen molar-refractivity contribution in [1.82, 2.24) is 4.72 Å². The van der Waals surface area contributed by atoms with Crippen molar-refractivity contribution in [3.05, 3.63) is 42.5 Å². The van der Waals surface area contributed by atoms with Crippen molar-refractivity contribution in [2.45, 2.75) is 44.6 Å². The Balaban J connectivity index is 2.93. The molecule has 0 radical (unpaired) electrons. The maximum atomic E-state index is 12.5. The van der Waals surface area contributed by atoms with Crippen LogP contribution in [0.4, 0.5) is 0 Å². The first-order chi connectivity index (χ1) is 10.8. The molecule has 0 amide bonds. The molecule has 0 saturated carbocycles. The lowest BCUT2D eigenvalue weighted by atomic mass is 10.0. The number of hydrogen-bond donors (Lipinski definition) is 1. The van der Waals surface area contributed by atoms with Gasteiger partial charge in [0.2, 0.25) is 10.0 Å². The van der Waals surface area contributed by atoms with Crippen molar-refractivity contribution in [1.29, 1.82) is 0 Å². The fourth-order valence-electron chi connectivity index (χ4n) is 1.87. The first kappa shape index (κ1) is 19.4. The molecule has 1 N–H and O–H groups in total. The zero-order valence-corrected chi connectivity index (χ0v) is 14.7. The highest BCUT2D eigenvalue weighted by Crippen LogP contribution is 2.14. The lowest BCUT2D eigenvalue weighted by Crippen LogP contribution is -2.45. The number of benzene rings is 1. The normalized spacial score (nSPS) is 14.0. The number of unbranched alkanes of at least 4 members (excludes halogenated alkanes) is 1. The van der Waals surface area contributed by atoms with Crippen molar-refractivity contribution in [2.24, 2.45) is 5.92 Å². The van der Waals surface area contributed by atoms with E-state index < -0.39 is 22.0 Å². The lowest BCUT2D eigenvalue weighted by Gasteiger charge is -2.21. The molecule has 0 aliphatic heterocycles. The quantitative estimate of drug-likeness (QED) is 0.426. The second kappa shape index (κ2) is 8.84. The van der Waals surface area contributed by atoms with Crippen molar-refractivity contribution in [2.75, 3.05) is 6.61 Å². The van der Waals surface area contributed by atoms with Crippen LogP contribution in [-0.2, 0) is 19.6 Å². The van der Waals surface area contributed by atoms with Crippen LogP contribution in [0.15, 0.2) is 41.8 Å². The average molecular weight is 339 g/mol. The zero-order chi connectivity index (χ0) is 17.5. The first-order valence-corrected chi connectivity index (χ1v) is 9.18. The minimum absolute atomic E-state index is 0.116. The molecule has 0 aromatic heterocycles. The molecular weight excluding hydrogens is 314 g/mol. The van der Waals surface area contributed by atoms with Crippen LogP contribution >= 0.6 is 0 Å². The predicted octanol–water partition coefficient (Wildman–Crippen LogP) is 2.81. The van der Waals surface area contributed by atoms with Gasteiger partial charge in [-0.1, -0.05) is 44.0 Å². The van der Waals surface area contributed by atoms with Crippen LogP contribution in [0.1, 0.15) is 32.3 Å². The minimum atomic E-state index is -3.81. The van der Waals surface area contributed by atoms with Crippen LogP contribution < -0.4 is 4.72 Å². The molecule has 0 heterocycles.